The standard InChI is InChI=1S/C18H20N2O3/c1-11(2)23-16-9-6-14(10-12(16)3)18(22)20-15-7-4-13(5-8-15)17(19)21/h4-11H,1-3H3,(H2,19,21)(H,20,22). The Balaban J connectivity index is 2.11. The third-order valence-corrected chi connectivity index (χ3v) is 3.23. The summed E-state index contributed by atoms with van der Waals surface area (Å²) in [6, 6.07) is 11.7. The van der Waals surface area contributed by atoms with E-state index in [2.05, 4.69) is 5.32 Å². The van der Waals surface area contributed by atoms with Crippen molar-refractivity contribution in [3.8, 4) is 5.75 Å². The van der Waals surface area contributed by atoms with Crippen molar-refractivity contribution in [3.63, 3.8) is 0 Å². The molecule has 2 aromatic rings. The molecule has 5 nitrogen and oxygen atoms in total. The molecule has 0 atom stereocenters. The van der Waals surface area contributed by atoms with E-state index in [1.165, 1.54) is 0 Å². The fourth-order valence-corrected chi connectivity index (χ4v) is 2.10. The van der Waals surface area contributed by atoms with Gasteiger partial charge in [-0.15, -0.1) is 0 Å². The topological polar surface area (TPSA) is 81.4 Å². The van der Waals surface area contributed by atoms with E-state index in [0.29, 0.717) is 16.8 Å². The minimum absolute atomic E-state index is 0.0807. The summed E-state index contributed by atoms with van der Waals surface area (Å²) in [6.45, 7) is 5.81. The number of nitrogens with one attached hydrogen (secondary N) is 1. The minimum atomic E-state index is -0.501. The molecule has 2 rings (SSSR count). The highest BCUT2D eigenvalue weighted by atomic mass is 16.5. The maximum absolute atomic E-state index is 12.3. The number of primary amides is 1. The van der Waals surface area contributed by atoms with Crippen LogP contribution in [0.25, 0.3) is 0 Å². The van der Waals surface area contributed by atoms with Gasteiger partial charge in [0.05, 0.1) is 6.10 Å². The molecule has 2 amide bonds. The van der Waals surface area contributed by atoms with Gasteiger partial charge in [0.25, 0.3) is 5.91 Å². The lowest BCUT2D eigenvalue weighted by Crippen LogP contribution is -2.14. The maximum Gasteiger partial charge on any atom is 0.255 e. The molecule has 0 saturated heterocycles. The monoisotopic (exact) mass is 312 g/mol. The number of carbonyl (C=O) groups excluding carboxylic acids is 2. The molecule has 0 bridgehead atoms. The molecule has 0 fully saturated rings. The Kier molecular flexibility index (Phi) is 5.01. The number of ether oxygens (including phenoxy) is 1. The van der Waals surface area contributed by atoms with Crippen LogP contribution in [0.1, 0.15) is 40.1 Å². The maximum atomic E-state index is 12.3. The molecule has 0 aliphatic rings. The van der Waals surface area contributed by atoms with E-state index in [9.17, 15) is 9.59 Å². The van der Waals surface area contributed by atoms with Gasteiger partial charge in [-0.3, -0.25) is 9.59 Å². The van der Waals surface area contributed by atoms with Crippen LogP contribution in [-0.2, 0) is 0 Å². The molecule has 0 aromatic heterocycles. The van der Waals surface area contributed by atoms with E-state index in [1.807, 2.05) is 20.8 Å². The van der Waals surface area contributed by atoms with Crippen molar-refractivity contribution >= 4 is 17.5 Å². The highest BCUT2D eigenvalue weighted by Crippen LogP contribution is 2.21. The van der Waals surface area contributed by atoms with Crippen LogP contribution in [0.5, 0.6) is 5.75 Å². The molecule has 0 unspecified atom stereocenters. The Bertz CT molecular complexity index is 722. The van der Waals surface area contributed by atoms with E-state index in [4.69, 9.17) is 10.5 Å². The lowest BCUT2D eigenvalue weighted by Gasteiger charge is -2.13. The zero-order valence-electron chi connectivity index (χ0n) is 13.4. The third kappa shape index (κ3) is 4.32. The first-order chi connectivity index (χ1) is 10.9. The fraction of sp³-hybridized carbons (Fsp3) is 0.222. The summed E-state index contributed by atoms with van der Waals surface area (Å²) >= 11 is 0. The third-order valence-electron chi connectivity index (χ3n) is 3.23. The quantitative estimate of drug-likeness (QED) is 0.890. The Hall–Kier alpha value is -2.82. The summed E-state index contributed by atoms with van der Waals surface area (Å²) in [5, 5.41) is 2.78. The molecule has 0 radical (unpaired) electrons. The van der Waals surface area contributed by atoms with Crippen LogP contribution in [0, 0.1) is 6.92 Å². The Morgan fingerprint density at radius 1 is 1.04 bits per heavy atom. The predicted octanol–water partition coefficient (Wildman–Crippen LogP) is 3.13. The summed E-state index contributed by atoms with van der Waals surface area (Å²) < 4.78 is 5.66. The lowest BCUT2D eigenvalue weighted by atomic mass is 10.1. The Morgan fingerprint density at radius 3 is 2.17 bits per heavy atom. The summed E-state index contributed by atoms with van der Waals surface area (Å²) in [4.78, 5) is 23.3. The van der Waals surface area contributed by atoms with Crippen LogP contribution in [-0.4, -0.2) is 17.9 Å². The first-order valence-electron chi connectivity index (χ1n) is 7.35. The second-order valence-corrected chi connectivity index (χ2v) is 5.54. The van der Waals surface area contributed by atoms with Gasteiger partial charge in [0.1, 0.15) is 5.75 Å². The SMILES string of the molecule is Cc1cc(C(=O)Nc2ccc(C(N)=O)cc2)ccc1OC(C)C. The molecule has 0 saturated carbocycles. The highest BCUT2D eigenvalue weighted by Gasteiger charge is 2.10. The first kappa shape index (κ1) is 16.5. The van der Waals surface area contributed by atoms with Crippen molar-refractivity contribution in [1.29, 1.82) is 0 Å². The molecule has 0 spiro atoms. The van der Waals surface area contributed by atoms with Crippen LogP contribution in [0.4, 0.5) is 5.69 Å². The van der Waals surface area contributed by atoms with Gasteiger partial charge in [0, 0.05) is 16.8 Å². The molecule has 23 heavy (non-hydrogen) atoms. The van der Waals surface area contributed by atoms with E-state index >= 15 is 0 Å². The summed E-state index contributed by atoms with van der Waals surface area (Å²) in [5.41, 5.74) is 7.62. The molecule has 2 aromatic carbocycles. The van der Waals surface area contributed by atoms with Crippen LogP contribution in [0.2, 0.25) is 0 Å². The largest absolute Gasteiger partial charge is 0.491 e. The lowest BCUT2D eigenvalue weighted by molar-refractivity contribution is 0.0998. The molecule has 0 heterocycles. The predicted molar refractivity (Wildman–Crippen MR) is 89.9 cm³/mol. The van der Waals surface area contributed by atoms with Gasteiger partial charge in [0.2, 0.25) is 5.91 Å². The van der Waals surface area contributed by atoms with Crippen molar-refractivity contribution in [1.82, 2.24) is 0 Å². The second kappa shape index (κ2) is 6.96. The van der Waals surface area contributed by atoms with Gasteiger partial charge >= 0.3 is 0 Å². The number of benzene rings is 2. The van der Waals surface area contributed by atoms with Gasteiger partial charge in [0.15, 0.2) is 0 Å². The van der Waals surface area contributed by atoms with Gasteiger partial charge in [-0.25, -0.2) is 0 Å². The number of rotatable bonds is 5. The molecule has 3 N–H and O–H groups in total. The molecule has 120 valence electrons. The minimum Gasteiger partial charge on any atom is -0.491 e. The number of aryl methyl sites for hydroxylation is 1. The van der Waals surface area contributed by atoms with Crippen molar-refractivity contribution in [2.75, 3.05) is 5.32 Å². The van der Waals surface area contributed by atoms with Gasteiger partial charge in [-0.05, 0) is 68.8 Å². The first-order valence-corrected chi connectivity index (χ1v) is 7.35. The molecule has 5 heteroatoms. The van der Waals surface area contributed by atoms with Crippen molar-refractivity contribution in [3.05, 3.63) is 59.2 Å². The highest BCUT2D eigenvalue weighted by molar-refractivity contribution is 6.04. The summed E-state index contributed by atoms with van der Waals surface area (Å²) in [7, 11) is 0. The smallest absolute Gasteiger partial charge is 0.255 e. The van der Waals surface area contributed by atoms with E-state index in [1.54, 1.807) is 42.5 Å². The van der Waals surface area contributed by atoms with Crippen molar-refractivity contribution in [2.45, 2.75) is 26.9 Å². The van der Waals surface area contributed by atoms with E-state index < -0.39 is 5.91 Å². The Labute approximate surface area is 135 Å². The normalized spacial score (nSPS) is 10.4. The summed E-state index contributed by atoms with van der Waals surface area (Å²) in [6.07, 6.45) is 0.0807. The number of hydrogen-bond donors (Lipinski definition) is 2. The summed E-state index contributed by atoms with van der Waals surface area (Å²) in [5.74, 6) is 0.0395. The second-order valence-electron chi connectivity index (χ2n) is 5.54. The number of amides is 2. The molecular formula is C18H20N2O3. The van der Waals surface area contributed by atoms with Crippen molar-refractivity contribution < 1.29 is 14.3 Å². The zero-order chi connectivity index (χ0) is 17.0. The Morgan fingerprint density at radius 2 is 1.65 bits per heavy atom. The molecule has 0 aliphatic carbocycles. The fourth-order valence-electron chi connectivity index (χ4n) is 2.10. The number of hydrogen-bond acceptors (Lipinski definition) is 3. The number of nitrogens with two attached hydrogens (primary N) is 1. The molecule has 0 aliphatic heterocycles. The molecular weight excluding hydrogens is 292 g/mol. The average Bonchev–Trinajstić information content (AvgIpc) is 2.49. The van der Waals surface area contributed by atoms with Crippen LogP contribution in [0.15, 0.2) is 42.5 Å². The van der Waals surface area contributed by atoms with Gasteiger partial charge in [-0.1, -0.05) is 0 Å². The van der Waals surface area contributed by atoms with Crippen LogP contribution < -0.4 is 15.8 Å². The number of carbonyl (C=O) groups is 2. The van der Waals surface area contributed by atoms with Crippen LogP contribution >= 0.6 is 0 Å². The zero-order valence-corrected chi connectivity index (χ0v) is 13.4. The van der Waals surface area contributed by atoms with Crippen LogP contribution in [0.3, 0.4) is 0 Å². The van der Waals surface area contributed by atoms with Gasteiger partial charge in [-0.2, -0.15) is 0 Å². The number of anilines is 1. The van der Waals surface area contributed by atoms with Crippen molar-refractivity contribution in [2.24, 2.45) is 5.73 Å². The van der Waals surface area contributed by atoms with Gasteiger partial charge < -0.3 is 15.8 Å². The van der Waals surface area contributed by atoms with E-state index in [-0.39, 0.29) is 12.0 Å². The van der Waals surface area contributed by atoms with E-state index in [0.717, 1.165) is 11.3 Å². The average molecular weight is 312 g/mol.